The van der Waals surface area contributed by atoms with Gasteiger partial charge in [0.25, 0.3) is 0 Å². The standard InChI is InChI=1S/C69H116O6/c1-4-7-10-13-16-19-22-25-28-31-32-33-34-35-36-37-38-39-42-44-47-50-53-56-59-62-68(71)74-65-66(75-69(72)63-60-57-54-51-48-45-41-30-27-24-21-18-15-12-9-6-3)64-73-67(70)61-58-55-52-49-46-43-40-29-26-23-20-17-14-11-8-5-2/h7,10,16,19,21,24-25,28,30,32-33,35-36,38-39,41,44,47,66H,4-6,8-9,11-15,17-18,20,22-23,26-27,29,31,34,37,40,42-43,45-46,48-65H2,1-3H3/b10-7-,19-16-,24-21-,28-25-,33-32-,36-35-,39-38-,41-30-,47-44-. The Morgan fingerprint density at radius 3 is 0.840 bits per heavy atom. The molecule has 0 amide bonds. The first-order valence-electron chi connectivity index (χ1n) is 31.4. The first-order valence-corrected chi connectivity index (χ1v) is 31.4. The van der Waals surface area contributed by atoms with E-state index in [4.69, 9.17) is 14.2 Å². The van der Waals surface area contributed by atoms with E-state index < -0.39 is 6.10 Å². The molecule has 0 bridgehead atoms. The topological polar surface area (TPSA) is 78.9 Å². The van der Waals surface area contributed by atoms with Gasteiger partial charge in [0.15, 0.2) is 6.10 Å². The molecule has 1 unspecified atom stereocenters. The van der Waals surface area contributed by atoms with Crippen molar-refractivity contribution in [1.82, 2.24) is 0 Å². The summed E-state index contributed by atoms with van der Waals surface area (Å²) in [4.78, 5) is 38.3. The zero-order valence-electron chi connectivity index (χ0n) is 49.0. The molecule has 0 aromatic rings. The van der Waals surface area contributed by atoms with Gasteiger partial charge >= 0.3 is 17.9 Å². The first kappa shape index (κ1) is 71.1. The van der Waals surface area contributed by atoms with Crippen LogP contribution >= 0.6 is 0 Å². The molecule has 428 valence electrons. The maximum Gasteiger partial charge on any atom is 0.306 e. The van der Waals surface area contributed by atoms with E-state index in [1.165, 1.54) is 116 Å². The Kier molecular flexibility index (Phi) is 59.3. The van der Waals surface area contributed by atoms with Crippen LogP contribution in [0.15, 0.2) is 109 Å². The number of allylic oxidation sites excluding steroid dienone is 18. The van der Waals surface area contributed by atoms with Gasteiger partial charge in [-0.3, -0.25) is 14.4 Å². The molecule has 0 heterocycles. The fourth-order valence-electron chi connectivity index (χ4n) is 8.57. The number of ether oxygens (including phenoxy) is 3. The second kappa shape index (κ2) is 62.6. The molecule has 0 aliphatic carbocycles. The summed E-state index contributed by atoms with van der Waals surface area (Å²) in [7, 11) is 0. The van der Waals surface area contributed by atoms with Gasteiger partial charge in [0.1, 0.15) is 13.2 Å². The molecule has 0 aliphatic heterocycles. The quantitative estimate of drug-likeness (QED) is 0.0261. The maximum atomic E-state index is 12.9. The highest BCUT2D eigenvalue weighted by molar-refractivity contribution is 5.71. The lowest BCUT2D eigenvalue weighted by atomic mass is 10.0. The van der Waals surface area contributed by atoms with E-state index in [9.17, 15) is 14.4 Å². The molecule has 0 saturated carbocycles. The summed E-state index contributed by atoms with van der Waals surface area (Å²) in [6, 6.07) is 0. The second-order valence-corrected chi connectivity index (χ2v) is 20.6. The lowest BCUT2D eigenvalue weighted by molar-refractivity contribution is -0.167. The van der Waals surface area contributed by atoms with Crippen LogP contribution in [0.3, 0.4) is 0 Å². The minimum atomic E-state index is -0.801. The van der Waals surface area contributed by atoms with E-state index in [2.05, 4.69) is 130 Å². The molecule has 0 saturated heterocycles. The van der Waals surface area contributed by atoms with Crippen LogP contribution in [0.2, 0.25) is 0 Å². The molecule has 0 spiro atoms. The Balaban J connectivity index is 4.45. The van der Waals surface area contributed by atoms with Crippen molar-refractivity contribution < 1.29 is 28.6 Å². The van der Waals surface area contributed by atoms with Crippen molar-refractivity contribution in [2.75, 3.05) is 13.2 Å². The third kappa shape index (κ3) is 60.8. The van der Waals surface area contributed by atoms with Crippen LogP contribution in [0.1, 0.15) is 290 Å². The summed E-state index contributed by atoms with van der Waals surface area (Å²) in [5, 5.41) is 0. The van der Waals surface area contributed by atoms with Crippen LogP contribution in [-0.2, 0) is 28.6 Å². The minimum Gasteiger partial charge on any atom is -0.462 e. The number of carbonyl (C=O) groups excluding carboxylic acids is 3. The van der Waals surface area contributed by atoms with Gasteiger partial charge in [-0.05, 0) is 109 Å². The van der Waals surface area contributed by atoms with Crippen LogP contribution in [0.5, 0.6) is 0 Å². The van der Waals surface area contributed by atoms with Crippen LogP contribution < -0.4 is 0 Å². The van der Waals surface area contributed by atoms with E-state index in [1.54, 1.807) is 0 Å². The molecule has 1 atom stereocenters. The highest BCUT2D eigenvalue weighted by atomic mass is 16.6. The fraction of sp³-hybridized carbons (Fsp3) is 0.696. The van der Waals surface area contributed by atoms with Crippen molar-refractivity contribution >= 4 is 17.9 Å². The van der Waals surface area contributed by atoms with E-state index >= 15 is 0 Å². The maximum absolute atomic E-state index is 12.9. The number of hydrogen-bond acceptors (Lipinski definition) is 6. The van der Waals surface area contributed by atoms with Gasteiger partial charge in [0.2, 0.25) is 0 Å². The van der Waals surface area contributed by atoms with E-state index in [0.717, 1.165) is 135 Å². The molecule has 0 N–H and O–H groups in total. The fourth-order valence-corrected chi connectivity index (χ4v) is 8.57. The van der Waals surface area contributed by atoms with Crippen LogP contribution in [0.4, 0.5) is 0 Å². The zero-order valence-corrected chi connectivity index (χ0v) is 49.0. The molecule has 75 heavy (non-hydrogen) atoms. The van der Waals surface area contributed by atoms with Gasteiger partial charge in [-0.1, -0.05) is 271 Å². The normalized spacial score (nSPS) is 12.8. The Hall–Kier alpha value is -3.93. The van der Waals surface area contributed by atoms with Gasteiger partial charge in [-0.25, -0.2) is 0 Å². The van der Waals surface area contributed by atoms with Crippen molar-refractivity contribution in [3.8, 4) is 0 Å². The summed E-state index contributed by atoms with van der Waals surface area (Å²) in [6.07, 6.45) is 85.1. The Morgan fingerprint density at radius 2 is 0.520 bits per heavy atom. The zero-order chi connectivity index (χ0) is 54.3. The van der Waals surface area contributed by atoms with Crippen molar-refractivity contribution in [3.05, 3.63) is 109 Å². The largest absolute Gasteiger partial charge is 0.462 e. The predicted octanol–water partition coefficient (Wildman–Crippen LogP) is 21.4. The Labute approximate surface area is 463 Å². The molecule has 6 nitrogen and oxygen atoms in total. The molecule has 0 aliphatic rings. The highest BCUT2D eigenvalue weighted by Crippen LogP contribution is 2.16. The lowest BCUT2D eigenvalue weighted by Crippen LogP contribution is -2.30. The SMILES string of the molecule is CC/C=C\C/C=C\C/C=C\C/C=C\C/C=C\C/C=C\C/C=C\CCCCCC(=O)OCC(COC(=O)CCCCCCCCCCCCCCCCCC)OC(=O)CCCCCCC/C=C\C/C=C\CCCCCC. The molecule has 0 fully saturated rings. The summed E-state index contributed by atoms with van der Waals surface area (Å²) in [5.74, 6) is -0.934. The third-order valence-electron chi connectivity index (χ3n) is 13.3. The summed E-state index contributed by atoms with van der Waals surface area (Å²) < 4.78 is 16.9. The molecule has 6 heteroatoms. The van der Waals surface area contributed by atoms with Gasteiger partial charge in [0, 0.05) is 19.3 Å². The third-order valence-corrected chi connectivity index (χ3v) is 13.3. The number of carbonyl (C=O) groups is 3. The van der Waals surface area contributed by atoms with Gasteiger partial charge < -0.3 is 14.2 Å². The summed E-state index contributed by atoms with van der Waals surface area (Å²) in [5.41, 5.74) is 0. The average Bonchev–Trinajstić information content (AvgIpc) is 3.41. The highest BCUT2D eigenvalue weighted by Gasteiger charge is 2.19. The van der Waals surface area contributed by atoms with Gasteiger partial charge in [0.05, 0.1) is 0 Å². The average molecular weight is 1040 g/mol. The molecule has 0 aromatic heterocycles. The van der Waals surface area contributed by atoms with E-state index in [-0.39, 0.29) is 31.1 Å². The Bertz CT molecular complexity index is 1520. The van der Waals surface area contributed by atoms with Crippen molar-refractivity contribution in [1.29, 1.82) is 0 Å². The van der Waals surface area contributed by atoms with Gasteiger partial charge in [-0.2, -0.15) is 0 Å². The molecular weight excluding hydrogens is 925 g/mol. The summed E-state index contributed by atoms with van der Waals surface area (Å²) in [6.45, 7) is 6.49. The number of rotatable bonds is 56. The van der Waals surface area contributed by atoms with Crippen molar-refractivity contribution in [3.63, 3.8) is 0 Å². The number of hydrogen-bond donors (Lipinski definition) is 0. The van der Waals surface area contributed by atoms with Crippen molar-refractivity contribution in [2.24, 2.45) is 0 Å². The first-order chi connectivity index (χ1) is 37.0. The van der Waals surface area contributed by atoms with Gasteiger partial charge in [-0.15, -0.1) is 0 Å². The Morgan fingerprint density at radius 1 is 0.280 bits per heavy atom. The monoisotopic (exact) mass is 1040 g/mol. The second-order valence-electron chi connectivity index (χ2n) is 20.6. The molecular formula is C69H116O6. The minimum absolute atomic E-state index is 0.0934. The van der Waals surface area contributed by atoms with E-state index in [0.29, 0.717) is 19.3 Å². The number of esters is 3. The smallest absolute Gasteiger partial charge is 0.306 e. The predicted molar refractivity (Wildman–Crippen MR) is 325 cm³/mol. The van der Waals surface area contributed by atoms with Crippen LogP contribution in [-0.4, -0.2) is 37.2 Å². The van der Waals surface area contributed by atoms with E-state index in [1.807, 2.05) is 0 Å². The van der Waals surface area contributed by atoms with Crippen LogP contribution in [0, 0.1) is 0 Å². The van der Waals surface area contributed by atoms with Crippen LogP contribution in [0.25, 0.3) is 0 Å². The molecule has 0 rings (SSSR count). The van der Waals surface area contributed by atoms with Crippen molar-refractivity contribution in [2.45, 2.75) is 297 Å². The molecule has 0 radical (unpaired) electrons. The number of unbranched alkanes of at least 4 members (excludes halogenated alkanes) is 27. The summed E-state index contributed by atoms with van der Waals surface area (Å²) >= 11 is 0. The lowest BCUT2D eigenvalue weighted by Gasteiger charge is -2.18. The molecule has 0 aromatic carbocycles.